The van der Waals surface area contributed by atoms with E-state index in [-0.39, 0.29) is 30.4 Å². The van der Waals surface area contributed by atoms with Gasteiger partial charge in [0.15, 0.2) is 0 Å². The fourth-order valence-electron chi connectivity index (χ4n) is 5.73. The molecular formula is C29H34ClN3O2S. The number of hydrogen-bond donors (Lipinski definition) is 0. The Bertz CT molecular complexity index is 1170. The lowest BCUT2D eigenvalue weighted by molar-refractivity contribution is -0.141. The van der Waals surface area contributed by atoms with E-state index in [1.165, 1.54) is 17.7 Å². The van der Waals surface area contributed by atoms with Crippen molar-refractivity contribution in [3.63, 3.8) is 0 Å². The number of piperazine rings is 1. The van der Waals surface area contributed by atoms with Crippen molar-refractivity contribution in [1.82, 2.24) is 9.80 Å². The lowest BCUT2D eigenvalue weighted by Crippen LogP contribution is -2.58. The first-order valence-electron chi connectivity index (χ1n) is 12.9. The zero-order chi connectivity index (χ0) is 25.2. The summed E-state index contributed by atoms with van der Waals surface area (Å²) in [4.78, 5) is 34.1. The number of rotatable bonds is 4. The van der Waals surface area contributed by atoms with Gasteiger partial charge in [-0.2, -0.15) is 0 Å². The number of carbonyl (C=O) groups excluding carboxylic acids is 2. The monoisotopic (exact) mass is 523 g/mol. The number of hydrogen-bond acceptors (Lipinski definition) is 4. The van der Waals surface area contributed by atoms with Crippen molar-refractivity contribution in [2.45, 2.75) is 56.9 Å². The van der Waals surface area contributed by atoms with Gasteiger partial charge in [-0.05, 0) is 68.2 Å². The smallest absolute Gasteiger partial charge is 0.261 e. The highest BCUT2D eigenvalue weighted by Crippen LogP contribution is 2.42. The Morgan fingerprint density at radius 1 is 1.11 bits per heavy atom. The standard InChI is InChI=1S/C29H34ClN3O2S/c1-20-7-5-10-24(15-20)32-14-13-31(18-21(32)2)28(34)19-33-25-11-3-4-12-26(25)36-27(29(33)35)17-22-8-6-9-23(30)16-22/h5-10,15-17,21,25-26H,3-4,11-14,18-19H2,1-2H3/b27-17-. The summed E-state index contributed by atoms with van der Waals surface area (Å²) in [5.41, 5.74) is 3.36. The molecule has 190 valence electrons. The van der Waals surface area contributed by atoms with E-state index < -0.39 is 0 Å². The summed E-state index contributed by atoms with van der Waals surface area (Å²) in [6, 6.07) is 16.5. The lowest BCUT2D eigenvalue weighted by atomic mass is 9.93. The van der Waals surface area contributed by atoms with E-state index in [4.69, 9.17) is 11.6 Å². The maximum Gasteiger partial charge on any atom is 0.261 e. The quantitative estimate of drug-likeness (QED) is 0.488. The predicted molar refractivity (Wildman–Crippen MR) is 149 cm³/mol. The molecule has 1 saturated carbocycles. The first-order chi connectivity index (χ1) is 17.4. The molecule has 2 heterocycles. The normalized spacial score (nSPS) is 25.8. The Morgan fingerprint density at radius 2 is 1.92 bits per heavy atom. The third-order valence-electron chi connectivity index (χ3n) is 7.58. The molecule has 5 rings (SSSR count). The van der Waals surface area contributed by atoms with Crippen molar-refractivity contribution in [2.75, 3.05) is 31.1 Å². The molecule has 2 aromatic carbocycles. The van der Waals surface area contributed by atoms with Gasteiger partial charge < -0.3 is 14.7 Å². The van der Waals surface area contributed by atoms with Gasteiger partial charge in [0.2, 0.25) is 5.91 Å². The summed E-state index contributed by atoms with van der Waals surface area (Å²) in [5.74, 6) is 0.0281. The summed E-state index contributed by atoms with van der Waals surface area (Å²) in [5, 5.41) is 0.992. The molecule has 3 fully saturated rings. The van der Waals surface area contributed by atoms with E-state index in [0.29, 0.717) is 28.3 Å². The van der Waals surface area contributed by atoms with Crippen LogP contribution in [0.25, 0.3) is 6.08 Å². The Hall–Kier alpha value is -2.44. The third-order valence-corrected chi connectivity index (χ3v) is 9.22. The van der Waals surface area contributed by atoms with Gasteiger partial charge in [-0.3, -0.25) is 9.59 Å². The maximum atomic E-state index is 13.6. The number of fused-ring (bicyclic) bond motifs is 1. The van der Waals surface area contributed by atoms with Crippen molar-refractivity contribution >= 4 is 46.9 Å². The average molecular weight is 524 g/mol. The van der Waals surface area contributed by atoms with Crippen LogP contribution in [0.2, 0.25) is 5.02 Å². The van der Waals surface area contributed by atoms with Crippen LogP contribution in [-0.2, 0) is 9.59 Å². The zero-order valence-corrected chi connectivity index (χ0v) is 22.6. The summed E-state index contributed by atoms with van der Waals surface area (Å²) >= 11 is 7.86. The molecular weight excluding hydrogens is 490 g/mol. The number of carbonyl (C=O) groups is 2. The third kappa shape index (κ3) is 5.45. The lowest BCUT2D eigenvalue weighted by Gasteiger charge is -2.45. The number of anilines is 1. The maximum absolute atomic E-state index is 13.6. The van der Waals surface area contributed by atoms with Gasteiger partial charge in [-0.15, -0.1) is 11.8 Å². The first kappa shape index (κ1) is 25.2. The van der Waals surface area contributed by atoms with Gasteiger partial charge >= 0.3 is 0 Å². The summed E-state index contributed by atoms with van der Waals surface area (Å²) < 4.78 is 0. The minimum atomic E-state index is -0.0251. The Balaban J connectivity index is 1.30. The fourth-order valence-corrected chi connectivity index (χ4v) is 7.40. The molecule has 0 spiro atoms. The molecule has 36 heavy (non-hydrogen) atoms. The number of halogens is 1. The molecule has 0 aromatic heterocycles. The molecule has 0 N–H and O–H groups in total. The Kier molecular flexibility index (Phi) is 7.63. The van der Waals surface area contributed by atoms with Crippen LogP contribution < -0.4 is 4.90 Å². The fraction of sp³-hybridized carbons (Fsp3) is 0.448. The van der Waals surface area contributed by atoms with Crippen LogP contribution in [0, 0.1) is 6.92 Å². The minimum absolute atomic E-state index is 0.0251. The Morgan fingerprint density at radius 3 is 2.69 bits per heavy atom. The molecule has 1 aliphatic carbocycles. The van der Waals surface area contributed by atoms with Crippen molar-refractivity contribution in [3.8, 4) is 0 Å². The molecule has 2 amide bonds. The average Bonchev–Trinajstić information content (AvgIpc) is 2.86. The van der Waals surface area contributed by atoms with E-state index in [2.05, 4.69) is 43.0 Å². The highest BCUT2D eigenvalue weighted by molar-refractivity contribution is 8.04. The van der Waals surface area contributed by atoms with Crippen LogP contribution in [0.5, 0.6) is 0 Å². The van der Waals surface area contributed by atoms with E-state index in [1.807, 2.05) is 40.1 Å². The number of amides is 2. The molecule has 2 aromatic rings. The van der Waals surface area contributed by atoms with Crippen LogP contribution in [0.4, 0.5) is 5.69 Å². The first-order valence-corrected chi connectivity index (χ1v) is 14.2. The van der Waals surface area contributed by atoms with Crippen molar-refractivity contribution in [3.05, 3.63) is 69.6 Å². The molecule has 2 aliphatic heterocycles. The Labute approximate surface area is 223 Å². The van der Waals surface area contributed by atoms with Gasteiger partial charge in [0, 0.05) is 47.7 Å². The number of benzene rings is 2. The molecule has 0 bridgehead atoms. The van der Waals surface area contributed by atoms with Gasteiger partial charge in [0.25, 0.3) is 5.91 Å². The SMILES string of the molecule is Cc1cccc(N2CCN(C(=O)CN3C(=O)/C(=C/c4cccc(Cl)c4)SC4CCCCC43)CC2C)c1. The summed E-state index contributed by atoms with van der Waals surface area (Å²) in [7, 11) is 0. The highest BCUT2D eigenvalue weighted by Gasteiger charge is 2.42. The van der Waals surface area contributed by atoms with Crippen LogP contribution in [0.1, 0.15) is 43.7 Å². The van der Waals surface area contributed by atoms with Crippen LogP contribution in [0.15, 0.2) is 53.4 Å². The van der Waals surface area contributed by atoms with Gasteiger partial charge in [-0.25, -0.2) is 0 Å². The highest BCUT2D eigenvalue weighted by atomic mass is 35.5. The van der Waals surface area contributed by atoms with Gasteiger partial charge in [0.05, 0.1) is 4.91 Å². The van der Waals surface area contributed by atoms with Crippen LogP contribution >= 0.6 is 23.4 Å². The second kappa shape index (κ2) is 10.9. The molecule has 7 heteroatoms. The second-order valence-electron chi connectivity index (χ2n) is 10.2. The van der Waals surface area contributed by atoms with E-state index in [1.54, 1.807) is 11.8 Å². The molecule has 3 aliphatic rings. The van der Waals surface area contributed by atoms with Crippen molar-refractivity contribution in [1.29, 1.82) is 0 Å². The van der Waals surface area contributed by atoms with Crippen LogP contribution in [-0.4, -0.2) is 65.1 Å². The summed E-state index contributed by atoms with van der Waals surface area (Å²) in [6.07, 6.45) is 6.27. The van der Waals surface area contributed by atoms with E-state index >= 15 is 0 Å². The molecule has 3 atom stereocenters. The zero-order valence-electron chi connectivity index (χ0n) is 21.0. The van der Waals surface area contributed by atoms with Gasteiger partial charge in [0.1, 0.15) is 6.54 Å². The minimum Gasteiger partial charge on any atom is -0.365 e. The molecule has 3 unspecified atom stereocenters. The van der Waals surface area contributed by atoms with E-state index in [9.17, 15) is 9.59 Å². The van der Waals surface area contributed by atoms with Crippen molar-refractivity contribution in [2.24, 2.45) is 0 Å². The van der Waals surface area contributed by atoms with E-state index in [0.717, 1.165) is 31.4 Å². The number of thioether (sulfide) groups is 1. The molecule has 0 radical (unpaired) electrons. The largest absolute Gasteiger partial charge is 0.365 e. The van der Waals surface area contributed by atoms with Gasteiger partial charge in [-0.1, -0.05) is 48.7 Å². The summed E-state index contributed by atoms with van der Waals surface area (Å²) in [6.45, 7) is 6.58. The topological polar surface area (TPSA) is 43.9 Å². The number of aryl methyl sites for hydroxylation is 1. The number of nitrogens with zero attached hydrogens (tertiary/aromatic N) is 3. The van der Waals surface area contributed by atoms with Crippen molar-refractivity contribution < 1.29 is 9.59 Å². The predicted octanol–water partition coefficient (Wildman–Crippen LogP) is 5.61. The second-order valence-corrected chi connectivity index (χ2v) is 11.9. The van der Waals surface area contributed by atoms with Crippen LogP contribution in [0.3, 0.4) is 0 Å². The molecule has 5 nitrogen and oxygen atoms in total. The molecule has 2 saturated heterocycles.